The molecular weight excluding hydrogens is 359 g/mol. The van der Waals surface area contributed by atoms with Crippen molar-refractivity contribution >= 4 is 34.5 Å². The molecule has 1 heterocycles. The summed E-state index contributed by atoms with van der Waals surface area (Å²) in [6.45, 7) is 0.192. The molecule has 8 heteroatoms. The van der Waals surface area contributed by atoms with Gasteiger partial charge in [-0.1, -0.05) is 34.5 Å². The number of halogens is 2. The van der Waals surface area contributed by atoms with Crippen LogP contribution in [0, 0.1) is 0 Å². The van der Waals surface area contributed by atoms with E-state index in [1.165, 1.54) is 23.5 Å². The third-order valence-electron chi connectivity index (χ3n) is 2.92. The van der Waals surface area contributed by atoms with Crippen LogP contribution in [0.15, 0.2) is 36.4 Å². The summed E-state index contributed by atoms with van der Waals surface area (Å²) in [5.41, 5.74) is 0.496. The van der Waals surface area contributed by atoms with E-state index in [-0.39, 0.29) is 18.1 Å². The Kier molecular flexibility index (Phi) is 4.56. The van der Waals surface area contributed by atoms with Gasteiger partial charge in [-0.3, -0.25) is 0 Å². The van der Waals surface area contributed by atoms with E-state index in [0.717, 1.165) is 0 Å². The van der Waals surface area contributed by atoms with Crippen LogP contribution in [-0.2, 0) is 6.61 Å². The Balaban J connectivity index is 1.74. The molecule has 0 fully saturated rings. The summed E-state index contributed by atoms with van der Waals surface area (Å²) in [6, 6.07) is 9.26. The predicted octanol–water partition coefficient (Wildman–Crippen LogP) is 4.50. The first-order valence-corrected chi connectivity index (χ1v) is 8.03. The second-order valence-corrected chi connectivity index (χ2v) is 6.47. The highest BCUT2D eigenvalue weighted by molar-refractivity contribution is 7.14. The van der Waals surface area contributed by atoms with Gasteiger partial charge in [-0.25, -0.2) is 0 Å². The van der Waals surface area contributed by atoms with E-state index in [1.807, 2.05) is 0 Å². The number of aromatic nitrogens is 2. The molecule has 23 heavy (non-hydrogen) atoms. The number of ether oxygens (including phenoxy) is 1. The van der Waals surface area contributed by atoms with Crippen molar-refractivity contribution < 1.29 is 14.9 Å². The fourth-order valence-corrected chi connectivity index (χ4v) is 3.10. The second kappa shape index (κ2) is 6.62. The fourth-order valence-electron chi connectivity index (χ4n) is 1.85. The number of benzene rings is 2. The van der Waals surface area contributed by atoms with Gasteiger partial charge in [0, 0.05) is 11.1 Å². The van der Waals surface area contributed by atoms with E-state index in [2.05, 4.69) is 10.2 Å². The third kappa shape index (κ3) is 3.67. The van der Waals surface area contributed by atoms with Crippen LogP contribution in [0.4, 0.5) is 0 Å². The molecule has 0 saturated carbocycles. The van der Waals surface area contributed by atoms with Gasteiger partial charge in [0.15, 0.2) is 10.0 Å². The van der Waals surface area contributed by atoms with Gasteiger partial charge >= 0.3 is 0 Å². The van der Waals surface area contributed by atoms with Gasteiger partial charge in [-0.2, -0.15) is 0 Å². The standard InChI is InChI=1S/C15H10Cl2N2O3S/c16-8-1-4-13(11(17)5-8)22-7-14-18-19-15(23-14)10-3-2-9(20)6-12(10)21/h1-6,20-21H,7H2. The van der Waals surface area contributed by atoms with Crippen molar-refractivity contribution in [1.29, 1.82) is 0 Å². The molecule has 0 bridgehead atoms. The number of phenols is 2. The maximum Gasteiger partial charge on any atom is 0.155 e. The number of rotatable bonds is 4. The molecule has 0 aliphatic heterocycles. The lowest BCUT2D eigenvalue weighted by molar-refractivity contribution is 0.305. The average molecular weight is 369 g/mol. The summed E-state index contributed by atoms with van der Waals surface area (Å²) in [4.78, 5) is 0. The van der Waals surface area contributed by atoms with E-state index in [4.69, 9.17) is 27.9 Å². The minimum absolute atomic E-state index is 0.0169. The van der Waals surface area contributed by atoms with Gasteiger partial charge in [-0.15, -0.1) is 10.2 Å². The number of hydrogen-bond acceptors (Lipinski definition) is 6. The predicted molar refractivity (Wildman–Crippen MR) is 89.5 cm³/mol. The Morgan fingerprint density at radius 2 is 1.87 bits per heavy atom. The zero-order valence-corrected chi connectivity index (χ0v) is 13.9. The van der Waals surface area contributed by atoms with E-state index in [1.54, 1.807) is 24.3 Å². The summed E-state index contributed by atoms with van der Waals surface area (Å²) < 4.78 is 5.59. The number of hydrogen-bond donors (Lipinski definition) is 2. The number of nitrogens with zero attached hydrogens (tertiary/aromatic N) is 2. The number of aromatic hydroxyl groups is 2. The number of phenolic OH excluding ortho intramolecular Hbond substituents is 2. The molecule has 3 aromatic rings. The largest absolute Gasteiger partial charge is 0.508 e. The molecule has 0 aliphatic rings. The maximum atomic E-state index is 9.84. The van der Waals surface area contributed by atoms with Gasteiger partial charge in [0.25, 0.3) is 0 Å². The molecule has 0 saturated heterocycles. The topological polar surface area (TPSA) is 75.5 Å². The molecule has 5 nitrogen and oxygen atoms in total. The Hall–Kier alpha value is -2.02. The highest BCUT2D eigenvalue weighted by atomic mass is 35.5. The van der Waals surface area contributed by atoms with Crippen LogP contribution in [0.3, 0.4) is 0 Å². The Morgan fingerprint density at radius 3 is 2.61 bits per heavy atom. The molecule has 3 rings (SSSR count). The van der Waals surface area contributed by atoms with Crippen LogP contribution in [0.5, 0.6) is 17.2 Å². The summed E-state index contributed by atoms with van der Waals surface area (Å²) in [7, 11) is 0. The first kappa shape index (κ1) is 15.9. The van der Waals surface area contributed by atoms with Crippen molar-refractivity contribution in [2.24, 2.45) is 0 Å². The Labute approximate surface area is 145 Å². The van der Waals surface area contributed by atoms with Crippen LogP contribution < -0.4 is 4.74 Å². The van der Waals surface area contributed by atoms with Gasteiger partial charge in [0.1, 0.15) is 23.9 Å². The van der Waals surface area contributed by atoms with Crippen molar-refractivity contribution in [3.63, 3.8) is 0 Å². The molecule has 0 radical (unpaired) electrons. The third-order valence-corrected chi connectivity index (χ3v) is 4.38. The quantitative estimate of drug-likeness (QED) is 0.708. The highest BCUT2D eigenvalue weighted by Gasteiger charge is 2.12. The second-order valence-electron chi connectivity index (χ2n) is 4.57. The summed E-state index contributed by atoms with van der Waals surface area (Å²) in [5, 5.41) is 29.3. The monoisotopic (exact) mass is 368 g/mol. The molecule has 2 N–H and O–H groups in total. The molecule has 2 aromatic carbocycles. The minimum Gasteiger partial charge on any atom is -0.508 e. The Bertz CT molecular complexity index is 854. The molecule has 1 aromatic heterocycles. The van der Waals surface area contributed by atoms with Gasteiger partial charge in [0.2, 0.25) is 0 Å². The van der Waals surface area contributed by atoms with E-state index in [0.29, 0.717) is 31.4 Å². The molecule has 0 spiro atoms. The van der Waals surface area contributed by atoms with Crippen molar-refractivity contribution in [3.8, 4) is 27.8 Å². The zero-order chi connectivity index (χ0) is 16.4. The van der Waals surface area contributed by atoms with Gasteiger partial charge in [-0.05, 0) is 30.3 Å². The lowest BCUT2D eigenvalue weighted by Gasteiger charge is -2.05. The highest BCUT2D eigenvalue weighted by Crippen LogP contribution is 2.34. The van der Waals surface area contributed by atoms with E-state index < -0.39 is 0 Å². The lowest BCUT2D eigenvalue weighted by atomic mass is 10.2. The molecule has 0 amide bonds. The summed E-state index contributed by atoms with van der Waals surface area (Å²) in [6.07, 6.45) is 0. The van der Waals surface area contributed by atoms with Crippen molar-refractivity contribution in [3.05, 3.63) is 51.5 Å². The fraction of sp³-hybridized carbons (Fsp3) is 0.0667. The van der Waals surface area contributed by atoms with Crippen molar-refractivity contribution in [2.45, 2.75) is 6.61 Å². The molecule has 118 valence electrons. The Morgan fingerprint density at radius 1 is 1.04 bits per heavy atom. The van der Waals surface area contributed by atoms with Crippen molar-refractivity contribution in [2.75, 3.05) is 0 Å². The normalized spacial score (nSPS) is 10.7. The van der Waals surface area contributed by atoms with Crippen molar-refractivity contribution in [1.82, 2.24) is 10.2 Å². The van der Waals surface area contributed by atoms with Crippen LogP contribution in [0.2, 0.25) is 10.0 Å². The smallest absolute Gasteiger partial charge is 0.155 e. The molecule has 0 unspecified atom stereocenters. The zero-order valence-electron chi connectivity index (χ0n) is 11.5. The summed E-state index contributed by atoms with van der Waals surface area (Å²) >= 11 is 13.1. The first-order chi connectivity index (χ1) is 11.0. The summed E-state index contributed by atoms with van der Waals surface area (Å²) in [5.74, 6) is 0.423. The van der Waals surface area contributed by atoms with Crippen LogP contribution in [-0.4, -0.2) is 20.4 Å². The molecular formula is C15H10Cl2N2O3S. The maximum absolute atomic E-state index is 9.84. The average Bonchev–Trinajstić information content (AvgIpc) is 2.95. The molecule has 0 aliphatic carbocycles. The van der Waals surface area contributed by atoms with E-state index >= 15 is 0 Å². The first-order valence-electron chi connectivity index (χ1n) is 6.45. The van der Waals surface area contributed by atoms with Gasteiger partial charge < -0.3 is 14.9 Å². The van der Waals surface area contributed by atoms with Crippen LogP contribution in [0.25, 0.3) is 10.6 Å². The van der Waals surface area contributed by atoms with E-state index in [9.17, 15) is 10.2 Å². The SMILES string of the molecule is Oc1ccc(-c2nnc(COc3ccc(Cl)cc3Cl)s2)c(O)c1. The minimum atomic E-state index is -0.0608. The van der Waals surface area contributed by atoms with Crippen LogP contribution in [0.1, 0.15) is 5.01 Å². The van der Waals surface area contributed by atoms with Crippen LogP contribution >= 0.6 is 34.5 Å². The lowest BCUT2D eigenvalue weighted by Crippen LogP contribution is -1.95. The van der Waals surface area contributed by atoms with Gasteiger partial charge in [0.05, 0.1) is 10.6 Å². The molecule has 0 atom stereocenters.